The molecule has 64 heavy (non-hydrogen) atoms. The van der Waals surface area contributed by atoms with Crippen molar-refractivity contribution < 1.29 is 39.6 Å². The van der Waals surface area contributed by atoms with Crippen LogP contribution < -0.4 is 0 Å². The molecule has 0 amide bonds. The van der Waals surface area contributed by atoms with Gasteiger partial charge in [0, 0.05) is 43.2 Å². The Bertz CT molecular complexity index is 3490. The molecule has 4 heterocycles. The summed E-state index contributed by atoms with van der Waals surface area (Å²) in [4.78, 5) is 14.0. The van der Waals surface area contributed by atoms with Crippen LogP contribution in [-0.2, 0) is 56.5 Å². The quantitative estimate of drug-likeness (QED) is 0.114. The molecule has 0 fully saturated rings. The molecule has 0 saturated heterocycles. The van der Waals surface area contributed by atoms with Crippen molar-refractivity contribution >= 4 is 21.9 Å². The average molecular weight is 1020 g/mol. The topological polar surface area (TPSA) is 75.6 Å². The van der Waals surface area contributed by atoms with E-state index < -0.39 is 54.0 Å². The molecule has 5 nitrogen and oxygen atoms in total. The number of fused-ring (bicyclic) bond motifs is 3. The van der Waals surface area contributed by atoms with Crippen molar-refractivity contribution in [1.29, 1.82) is 5.26 Å². The molecule has 0 atom stereocenters. The first-order chi connectivity index (χ1) is 34.8. The number of aryl methyl sites for hydroxylation is 4. The summed E-state index contributed by atoms with van der Waals surface area (Å²) in [6, 6.07) is 45.0. The molecule has 0 bridgehead atoms. The van der Waals surface area contributed by atoms with Gasteiger partial charge in [0.2, 0.25) is 0 Å². The van der Waals surface area contributed by atoms with Crippen molar-refractivity contribution in [3.8, 4) is 39.8 Å². The van der Waals surface area contributed by atoms with E-state index in [0.29, 0.717) is 18.2 Å². The Morgan fingerprint density at radius 1 is 0.656 bits per heavy atom. The monoisotopic (exact) mass is 1020 g/mol. The van der Waals surface area contributed by atoms with Gasteiger partial charge in [0.05, 0.1) is 18.6 Å². The summed E-state index contributed by atoms with van der Waals surface area (Å²) in [5.74, 6) is 0. The van der Waals surface area contributed by atoms with Gasteiger partial charge in [0.15, 0.2) is 0 Å². The van der Waals surface area contributed by atoms with Gasteiger partial charge in [-0.1, -0.05) is 98.8 Å². The maximum Gasteiger partial charge on any atom is 3.00 e. The number of benzene rings is 5. The van der Waals surface area contributed by atoms with Crippen LogP contribution in [0, 0.1) is 43.2 Å². The second-order valence-electron chi connectivity index (χ2n) is 17.0. The summed E-state index contributed by atoms with van der Waals surface area (Å²) >= 11 is 0. The zero-order valence-electron chi connectivity index (χ0n) is 46.6. The van der Waals surface area contributed by atoms with Crippen LogP contribution in [0.1, 0.15) is 92.8 Å². The predicted molar refractivity (Wildman–Crippen MR) is 254 cm³/mol. The van der Waals surface area contributed by atoms with E-state index in [0.717, 1.165) is 57.0 Å². The molecule has 0 spiro atoms. The van der Waals surface area contributed by atoms with Crippen LogP contribution in [-0.4, -0.2) is 15.0 Å². The smallest absolute Gasteiger partial charge is 0.500 e. The number of pyridine rings is 3. The van der Waals surface area contributed by atoms with Crippen LogP contribution in [0.25, 0.3) is 55.7 Å². The molecule has 0 unspecified atom stereocenters. The largest absolute Gasteiger partial charge is 3.00 e. The van der Waals surface area contributed by atoms with Gasteiger partial charge < -0.3 is 19.4 Å². The Balaban J connectivity index is 0.00000747. The zero-order valence-corrected chi connectivity index (χ0v) is 38.0. The van der Waals surface area contributed by atoms with E-state index in [9.17, 15) is 10.7 Å². The summed E-state index contributed by atoms with van der Waals surface area (Å²) in [5, 5.41) is 10.4. The van der Waals surface area contributed by atoms with E-state index in [1.165, 1.54) is 12.1 Å². The van der Waals surface area contributed by atoms with Crippen molar-refractivity contribution in [2.45, 2.75) is 77.8 Å². The first-order valence-electron chi connectivity index (χ1n) is 26.1. The third-order valence-corrected chi connectivity index (χ3v) is 11.5. The van der Waals surface area contributed by atoms with Crippen LogP contribution in [0.15, 0.2) is 144 Å². The molecule has 9 aromatic rings. The average Bonchev–Trinajstić information content (AvgIpc) is 3.74. The molecule has 9 rings (SSSR count). The van der Waals surface area contributed by atoms with Gasteiger partial charge in [0.25, 0.3) is 0 Å². The number of aromatic nitrogens is 3. The minimum Gasteiger partial charge on any atom is -0.500 e. The number of rotatable bonds is 12. The first-order valence-corrected chi connectivity index (χ1v) is 20.6. The molecule has 0 aliphatic rings. The summed E-state index contributed by atoms with van der Waals surface area (Å²) in [6.07, 6.45) is -0.361. The number of nitrogens with zero attached hydrogens (tertiary/aromatic N) is 4. The third kappa shape index (κ3) is 9.11. The van der Waals surface area contributed by atoms with Crippen LogP contribution in [0.4, 0.5) is 0 Å². The van der Waals surface area contributed by atoms with E-state index in [4.69, 9.17) is 24.0 Å². The maximum absolute atomic E-state index is 9.84. The van der Waals surface area contributed by atoms with E-state index in [1.807, 2.05) is 97.3 Å². The molecular formula is C58H49IrN4O. The predicted octanol–water partition coefficient (Wildman–Crippen LogP) is 13.5. The SMILES string of the molecule is [2H]c1cc2c(oc3c(-c4cc(C([2H])([2H])[2H])c(C([2H])([2H])C([2H])([2H])c5cc(CC(C)(C)c6ccc(-c7[c-]cccc7)nc6)cc(CC(C)(C)c6ccc(-c7[c-]cccc7)nc6)c5)cn4)[c-]ccc32)c(C([2H])([2H])[2H])c1C#N.[Ir+3]. The van der Waals surface area contributed by atoms with Gasteiger partial charge in [-0.25, -0.2) is 0 Å². The van der Waals surface area contributed by atoms with Gasteiger partial charge in [-0.15, -0.1) is 90.0 Å². The van der Waals surface area contributed by atoms with E-state index in [2.05, 4.69) is 50.9 Å². The number of nitriles is 1. The third-order valence-electron chi connectivity index (χ3n) is 11.5. The fraction of sp³-hybridized carbons (Fsp3) is 0.207. The second-order valence-corrected chi connectivity index (χ2v) is 17.0. The van der Waals surface area contributed by atoms with Crippen molar-refractivity contribution in [2.75, 3.05) is 0 Å². The molecule has 0 N–H and O–H groups in total. The molecule has 0 saturated carbocycles. The Morgan fingerprint density at radius 3 is 1.81 bits per heavy atom. The second kappa shape index (κ2) is 18.3. The van der Waals surface area contributed by atoms with Gasteiger partial charge in [-0.05, 0) is 107 Å². The molecule has 4 aromatic heterocycles. The molecule has 0 aliphatic heterocycles. The van der Waals surface area contributed by atoms with Gasteiger partial charge >= 0.3 is 20.1 Å². The summed E-state index contributed by atoms with van der Waals surface area (Å²) in [7, 11) is 0. The maximum atomic E-state index is 9.84. The molecule has 6 heteroatoms. The van der Waals surface area contributed by atoms with Gasteiger partial charge in [-0.2, -0.15) is 5.26 Å². The standard InChI is InChI=1S/C58H49N4O.Ir/c1-38-28-54(51-19-13-18-49-50-25-22-45(34-59)39(2)55(50)63-56(49)51)60-35-46(38)21-20-40-29-41(32-57(3,4)47-23-26-52(61-36-47)43-14-9-7-10-15-43)31-42(30-40)33-58(5,6)48-24-27-53(62-37-48)44-16-11-8-12-17-44;/h7-14,16,18,22-31,35-37H,20-21,32-33H2,1-6H3;/q-3;+3/i1D3,2D3,20D2,21D2,22D;. The molecule has 316 valence electrons. The summed E-state index contributed by atoms with van der Waals surface area (Å²) in [5.41, 5.74) is 3.66. The normalized spacial score (nSPS) is 15.1. The van der Waals surface area contributed by atoms with E-state index in [-0.39, 0.29) is 65.1 Å². The van der Waals surface area contributed by atoms with Crippen molar-refractivity contribution in [3.63, 3.8) is 0 Å². The molecule has 5 aromatic carbocycles. The van der Waals surface area contributed by atoms with E-state index in [1.54, 1.807) is 18.2 Å². The van der Waals surface area contributed by atoms with Crippen LogP contribution >= 0.6 is 0 Å². The van der Waals surface area contributed by atoms with Crippen molar-refractivity contribution in [1.82, 2.24) is 15.0 Å². The van der Waals surface area contributed by atoms with E-state index >= 15 is 0 Å². The van der Waals surface area contributed by atoms with Crippen molar-refractivity contribution in [3.05, 3.63) is 208 Å². The zero-order chi connectivity index (χ0) is 53.2. The van der Waals surface area contributed by atoms with Crippen LogP contribution in [0.2, 0.25) is 0 Å². The summed E-state index contributed by atoms with van der Waals surface area (Å²) < 4.78 is 104. The Hall–Kier alpha value is -6.51. The molecule has 0 aliphatic carbocycles. The Labute approximate surface area is 406 Å². The van der Waals surface area contributed by atoms with Gasteiger partial charge in [0.1, 0.15) is 5.58 Å². The molecular weight excluding hydrogens is 961 g/mol. The fourth-order valence-electron chi connectivity index (χ4n) is 8.13. The minimum absolute atomic E-state index is 0. The first kappa shape index (κ1) is 32.2. The van der Waals surface area contributed by atoms with Gasteiger partial charge in [-0.3, -0.25) is 0 Å². The summed E-state index contributed by atoms with van der Waals surface area (Å²) in [6.45, 7) is 2.47. The molecule has 0 radical (unpaired) electrons. The minimum atomic E-state index is -3.01. The number of hydrogen-bond acceptors (Lipinski definition) is 5. The Morgan fingerprint density at radius 2 is 1.27 bits per heavy atom. The fourth-order valence-corrected chi connectivity index (χ4v) is 8.13. The number of hydrogen-bond donors (Lipinski definition) is 0. The van der Waals surface area contributed by atoms with Crippen LogP contribution in [0.3, 0.4) is 0 Å². The Kier molecular flexibility index (Phi) is 9.21. The number of furan rings is 1. The van der Waals surface area contributed by atoms with Crippen molar-refractivity contribution in [2.24, 2.45) is 0 Å². The van der Waals surface area contributed by atoms with Crippen LogP contribution in [0.5, 0.6) is 0 Å².